The van der Waals surface area contributed by atoms with Gasteiger partial charge in [-0.2, -0.15) is 0 Å². The summed E-state index contributed by atoms with van der Waals surface area (Å²) in [6.07, 6.45) is 7.47. The molecule has 10 heavy (non-hydrogen) atoms. The summed E-state index contributed by atoms with van der Waals surface area (Å²) in [7, 11) is 0. The minimum atomic E-state index is 0.443. The van der Waals surface area contributed by atoms with Crippen LogP contribution < -0.4 is 5.32 Å². The van der Waals surface area contributed by atoms with Gasteiger partial charge in [0.2, 0.25) is 0 Å². The fourth-order valence-electron chi connectivity index (χ4n) is 1.48. The van der Waals surface area contributed by atoms with Gasteiger partial charge in [-0.1, -0.05) is 6.08 Å². The van der Waals surface area contributed by atoms with Gasteiger partial charge in [-0.25, -0.2) is 0 Å². The summed E-state index contributed by atoms with van der Waals surface area (Å²) in [6, 6.07) is 0.443. The van der Waals surface area contributed by atoms with E-state index < -0.39 is 0 Å². The Morgan fingerprint density at radius 3 is 3.40 bits per heavy atom. The van der Waals surface area contributed by atoms with Gasteiger partial charge < -0.3 is 0 Å². The Hall–Kier alpha value is -0.790. The summed E-state index contributed by atoms with van der Waals surface area (Å²) in [5.74, 6) is 0. The highest BCUT2D eigenvalue weighted by molar-refractivity contribution is 5.92. The molecule has 0 N–H and O–H groups in total. The van der Waals surface area contributed by atoms with Crippen molar-refractivity contribution in [2.24, 2.45) is 4.99 Å². The van der Waals surface area contributed by atoms with E-state index in [0.29, 0.717) is 6.04 Å². The largest absolute Gasteiger partial charge is 0.292 e. The van der Waals surface area contributed by atoms with Crippen LogP contribution in [-0.4, -0.2) is 18.3 Å². The van der Waals surface area contributed by atoms with Crippen LogP contribution in [0, 0.1) is 0 Å². The Morgan fingerprint density at radius 1 is 1.50 bits per heavy atom. The van der Waals surface area contributed by atoms with Gasteiger partial charge in [0.25, 0.3) is 0 Å². The fraction of sp³-hybridized carbons (Fsp3) is 0.625. The van der Waals surface area contributed by atoms with Crippen molar-refractivity contribution in [3.05, 3.63) is 12.3 Å². The van der Waals surface area contributed by atoms with Crippen molar-refractivity contribution < 1.29 is 0 Å². The molecule has 2 heterocycles. The molecule has 0 spiro atoms. The maximum atomic E-state index is 4.42. The lowest BCUT2D eigenvalue weighted by Gasteiger charge is -2.23. The molecule has 0 aliphatic carbocycles. The van der Waals surface area contributed by atoms with Crippen LogP contribution in [0.25, 0.3) is 0 Å². The van der Waals surface area contributed by atoms with Crippen LogP contribution >= 0.6 is 0 Å². The van der Waals surface area contributed by atoms with Gasteiger partial charge in [0, 0.05) is 24.9 Å². The van der Waals surface area contributed by atoms with Crippen LogP contribution in [-0.2, 0) is 0 Å². The van der Waals surface area contributed by atoms with Crippen molar-refractivity contribution in [1.82, 2.24) is 5.32 Å². The van der Waals surface area contributed by atoms with E-state index in [2.05, 4.69) is 16.4 Å². The third kappa shape index (κ3) is 0.939. The molecule has 1 radical (unpaired) electrons. The molecule has 2 aliphatic rings. The maximum absolute atomic E-state index is 4.42. The normalized spacial score (nSPS) is 30.4. The molecular weight excluding hydrogens is 124 g/mol. The van der Waals surface area contributed by atoms with Gasteiger partial charge in [0.1, 0.15) is 0 Å². The second kappa shape index (κ2) is 2.45. The van der Waals surface area contributed by atoms with Crippen molar-refractivity contribution >= 4 is 5.71 Å². The fourth-order valence-corrected chi connectivity index (χ4v) is 1.48. The molecule has 0 aromatic carbocycles. The predicted octanol–water partition coefficient (Wildman–Crippen LogP) is 1.11. The molecule has 2 rings (SSSR count). The van der Waals surface area contributed by atoms with E-state index in [0.717, 1.165) is 13.0 Å². The lowest BCUT2D eigenvalue weighted by Crippen LogP contribution is -2.33. The number of fused-ring (bicyclic) bond motifs is 1. The van der Waals surface area contributed by atoms with Crippen LogP contribution in [0.2, 0.25) is 0 Å². The number of hydrogen-bond acceptors (Lipinski definition) is 1. The van der Waals surface area contributed by atoms with Gasteiger partial charge in [-0.05, 0) is 12.8 Å². The molecule has 2 aliphatic heterocycles. The first-order valence-electron chi connectivity index (χ1n) is 3.85. The Bertz CT molecular complexity index is 182. The first kappa shape index (κ1) is 5.96. The van der Waals surface area contributed by atoms with E-state index in [1.807, 2.05) is 6.20 Å². The van der Waals surface area contributed by atoms with E-state index in [9.17, 15) is 0 Å². The minimum absolute atomic E-state index is 0.443. The molecule has 0 saturated heterocycles. The molecule has 0 amide bonds. The molecule has 0 saturated carbocycles. The van der Waals surface area contributed by atoms with Gasteiger partial charge in [-0.15, -0.1) is 0 Å². The summed E-state index contributed by atoms with van der Waals surface area (Å²) in [5, 5.41) is 4.34. The number of hydrogen-bond donors (Lipinski definition) is 0. The highest BCUT2D eigenvalue weighted by Gasteiger charge is 2.19. The van der Waals surface area contributed by atoms with Crippen molar-refractivity contribution in [2.45, 2.75) is 25.3 Å². The third-order valence-electron chi connectivity index (χ3n) is 2.03. The van der Waals surface area contributed by atoms with Gasteiger partial charge in [0.15, 0.2) is 0 Å². The highest BCUT2D eigenvalue weighted by Crippen LogP contribution is 2.14. The average molecular weight is 135 g/mol. The molecule has 2 heteroatoms. The summed E-state index contributed by atoms with van der Waals surface area (Å²) in [4.78, 5) is 4.42. The highest BCUT2D eigenvalue weighted by atomic mass is 14.9. The second-order valence-electron chi connectivity index (χ2n) is 2.77. The van der Waals surface area contributed by atoms with E-state index in [4.69, 9.17) is 0 Å². The standard InChI is InChI=1S/C8H11N2/c1-3-7-8(9-5-1)4-2-6-10-7/h1,5,8H,2-4,6H2. The summed E-state index contributed by atoms with van der Waals surface area (Å²) < 4.78 is 0. The summed E-state index contributed by atoms with van der Waals surface area (Å²) in [6.45, 7) is 1.02. The van der Waals surface area contributed by atoms with Crippen molar-refractivity contribution in [2.75, 3.05) is 6.54 Å². The first-order valence-corrected chi connectivity index (χ1v) is 3.85. The molecule has 0 fully saturated rings. The second-order valence-corrected chi connectivity index (χ2v) is 2.77. The monoisotopic (exact) mass is 135 g/mol. The third-order valence-corrected chi connectivity index (χ3v) is 2.03. The van der Waals surface area contributed by atoms with E-state index in [1.54, 1.807) is 0 Å². The van der Waals surface area contributed by atoms with Crippen LogP contribution in [0.3, 0.4) is 0 Å². The van der Waals surface area contributed by atoms with Crippen molar-refractivity contribution in [3.8, 4) is 0 Å². The lowest BCUT2D eigenvalue weighted by atomic mass is 9.98. The van der Waals surface area contributed by atoms with Crippen LogP contribution in [0.5, 0.6) is 0 Å². The molecule has 53 valence electrons. The number of nitrogens with zero attached hydrogens (tertiary/aromatic N) is 2. The molecule has 2 nitrogen and oxygen atoms in total. The molecule has 0 aromatic rings. The lowest BCUT2D eigenvalue weighted by molar-refractivity contribution is 0.585. The first-order chi connectivity index (χ1) is 4.97. The smallest absolute Gasteiger partial charge is 0.0879 e. The molecule has 0 aromatic heterocycles. The maximum Gasteiger partial charge on any atom is 0.0879 e. The number of allylic oxidation sites excluding steroid dienone is 1. The van der Waals surface area contributed by atoms with E-state index in [-0.39, 0.29) is 0 Å². The Morgan fingerprint density at radius 2 is 2.50 bits per heavy atom. The van der Waals surface area contributed by atoms with Crippen LogP contribution in [0.4, 0.5) is 0 Å². The molecule has 1 unspecified atom stereocenters. The molecule has 1 atom stereocenters. The molecule has 0 bridgehead atoms. The zero-order valence-electron chi connectivity index (χ0n) is 5.95. The Balaban J connectivity index is 2.17. The Kier molecular flexibility index (Phi) is 1.46. The minimum Gasteiger partial charge on any atom is -0.292 e. The number of aliphatic imine (C=N–C) groups is 1. The van der Waals surface area contributed by atoms with Crippen molar-refractivity contribution in [3.63, 3.8) is 0 Å². The SMILES string of the molecule is C1=C[N]C2CCCN=C2C1. The predicted molar refractivity (Wildman–Crippen MR) is 41.2 cm³/mol. The zero-order valence-corrected chi connectivity index (χ0v) is 5.95. The van der Waals surface area contributed by atoms with Crippen molar-refractivity contribution in [1.29, 1.82) is 0 Å². The van der Waals surface area contributed by atoms with Crippen LogP contribution in [0.1, 0.15) is 19.3 Å². The summed E-state index contributed by atoms with van der Waals surface area (Å²) in [5.41, 5.74) is 1.30. The quantitative estimate of drug-likeness (QED) is 0.475. The zero-order chi connectivity index (χ0) is 6.81. The number of rotatable bonds is 0. The van der Waals surface area contributed by atoms with Crippen LogP contribution in [0.15, 0.2) is 17.3 Å². The average Bonchev–Trinajstić information content (AvgIpc) is 2.05. The van der Waals surface area contributed by atoms with Gasteiger partial charge in [-0.3, -0.25) is 10.3 Å². The summed E-state index contributed by atoms with van der Waals surface area (Å²) >= 11 is 0. The Labute approximate surface area is 61.0 Å². The molecular formula is C8H11N2. The van der Waals surface area contributed by atoms with E-state index >= 15 is 0 Å². The van der Waals surface area contributed by atoms with Gasteiger partial charge in [0.05, 0.1) is 6.04 Å². The topological polar surface area (TPSA) is 26.5 Å². The van der Waals surface area contributed by atoms with E-state index in [1.165, 1.54) is 18.6 Å². The van der Waals surface area contributed by atoms with Gasteiger partial charge >= 0.3 is 0 Å².